The highest BCUT2D eigenvalue weighted by Crippen LogP contribution is 2.22. The van der Waals surface area contributed by atoms with Crippen LogP contribution in [0.1, 0.15) is 15.6 Å². The van der Waals surface area contributed by atoms with Gasteiger partial charge in [-0.1, -0.05) is 0 Å². The minimum atomic E-state index is 0.464. The van der Waals surface area contributed by atoms with E-state index in [2.05, 4.69) is 32.3 Å². The summed E-state index contributed by atoms with van der Waals surface area (Å²) < 4.78 is 1.61. The second kappa shape index (κ2) is 5.49. The third-order valence-corrected chi connectivity index (χ3v) is 3.94. The molecule has 0 saturated carbocycles. The van der Waals surface area contributed by atoms with E-state index in [-0.39, 0.29) is 0 Å². The van der Waals surface area contributed by atoms with Crippen LogP contribution in [-0.2, 0) is 6.54 Å². The summed E-state index contributed by atoms with van der Waals surface area (Å²) in [4.78, 5) is 14.0. The SMILES string of the molecule is Cc1nc(CNc2ncnc(-n3cccn3)c2N)c(C)s1. The summed E-state index contributed by atoms with van der Waals surface area (Å²) in [7, 11) is 0. The molecule has 21 heavy (non-hydrogen) atoms. The van der Waals surface area contributed by atoms with Gasteiger partial charge >= 0.3 is 0 Å². The number of thiazole rings is 1. The van der Waals surface area contributed by atoms with Crippen LogP contribution in [0.5, 0.6) is 0 Å². The first-order valence-corrected chi connectivity index (χ1v) is 7.24. The molecule has 0 radical (unpaired) electrons. The highest BCUT2D eigenvalue weighted by Gasteiger charge is 2.11. The maximum Gasteiger partial charge on any atom is 0.181 e. The summed E-state index contributed by atoms with van der Waals surface area (Å²) in [6.45, 7) is 4.63. The van der Waals surface area contributed by atoms with Gasteiger partial charge in [-0.05, 0) is 19.9 Å². The molecule has 0 saturated heterocycles. The summed E-state index contributed by atoms with van der Waals surface area (Å²) >= 11 is 1.68. The van der Waals surface area contributed by atoms with E-state index >= 15 is 0 Å². The second-order valence-electron chi connectivity index (χ2n) is 4.50. The van der Waals surface area contributed by atoms with E-state index in [9.17, 15) is 0 Å². The molecule has 0 aliphatic rings. The number of hydrogen-bond donors (Lipinski definition) is 2. The molecule has 7 nitrogen and oxygen atoms in total. The largest absolute Gasteiger partial charge is 0.393 e. The number of anilines is 2. The zero-order valence-electron chi connectivity index (χ0n) is 11.7. The van der Waals surface area contributed by atoms with Gasteiger partial charge in [-0.2, -0.15) is 5.10 Å². The van der Waals surface area contributed by atoms with Gasteiger partial charge in [0.25, 0.3) is 0 Å². The van der Waals surface area contributed by atoms with Crippen molar-refractivity contribution in [1.29, 1.82) is 0 Å². The van der Waals surface area contributed by atoms with E-state index in [1.807, 2.05) is 13.0 Å². The summed E-state index contributed by atoms with van der Waals surface area (Å²) in [5.41, 5.74) is 7.59. The molecule has 0 fully saturated rings. The first-order valence-electron chi connectivity index (χ1n) is 6.42. The maximum absolute atomic E-state index is 6.12. The molecular formula is C13H15N7S. The van der Waals surface area contributed by atoms with Crippen LogP contribution in [0.2, 0.25) is 0 Å². The fourth-order valence-corrected chi connectivity index (χ4v) is 2.84. The van der Waals surface area contributed by atoms with E-state index in [1.54, 1.807) is 28.4 Å². The van der Waals surface area contributed by atoms with Crippen molar-refractivity contribution in [2.75, 3.05) is 11.1 Å². The summed E-state index contributed by atoms with van der Waals surface area (Å²) in [5, 5.41) is 8.40. The van der Waals surface area contributed by atoms with Gasteiger partial charge in [-0.15, -0.1) is 11.3 Å². The van der Waals surface area contributed by atoms with Crippen LogP contribution in [0, 0.1) is 13.8 Å². The molecule has 0 amide bonds. The van der Waals surface area contributed by atoms with Gasteiger partial charge in [0, 0.05) is 17.3 Å². The minimum Gasteiger partial charge on any atom is -0.393 e. The summed E-state index contributed by atoms with van der Waals surface area (Å²) in [6.07, 6.45) is 4.93. The Hall–Kier alpha value is -2.48. The lowest BCUT2D eigenvalue weighted by molar-refractivity contribution is 0.842. The predicted molar refractivity (Wildman–Crippen MR) is 82.5 cm³/mol. The number of hydrogen-bond acceptors (Lipinski definition) is 7. The number of aromatic nitrogens is 5. The van der Waals surface area contributed by atoms with Crippen molar-refractivity contribution in [3.8, 4) is 5.82 Å². The lowest BCUT2D eigenvalue weighted by atomic mass is 10.3. The Bertz CT molecular complexity index is 748. The lowest BCUT2D eigenvalue weighted by Gasteiger charge is -2.10. The average Bonchev–Trinajstić information content (AvgIpc) is 3.08. The van der Waals surface area contributed by atoms with Crippen LogP contribution < -0.4 is 11.1 Å². The zero-order chi connectivity index (χ0) is 14.8. The third kappa shape index (κ3) is 2.70. The van der Waals surface area contributed by atoms with Gasteiger partial charge in [0.2, 0.25) is 0 Å². The zero-order valence-corrected chi connectivity index (χ0v) is 12.6. The molecule has 3 N–H and O–H groups in total. The van der Waals surface area contributed by atoms with Crippen molar-refractivity contribution in [1.82, 2.24) is 24.7 Å². The maximum atomic E-state index is 6.12. The van der Waals surface area contributed by atoms with Gasteiger partial charge in [0.1, 0.15) is 12.0 Å². The quantitative estimate of drug-likeness (QED) is 0.764. The van der Waals surface area contributed by atoms with E-state index in [0.29, 0.717) is 23.9 Å². The van der Waals surface area contributed by atoms with Crippen LogP contribution in [0.15, 0.2) is 24.8 Å². The van der Waals surface area contributed by atoms with Gasteiger partial charge in [0.05, 0.1) is 17.2 Å². The molecular weight excluding hydrogens is 286 g/mol. The number of nitrogens with two attached hydrogens (primary N) is 1. The summed E-state index contributed by atoms with van der Waals surface area (Å²) in [6, 6.07) is 1.82. The van der Waals surface area contributed by atoms with Crippen molar-refractivity contribution in [2.24, 2.45) is 0 Å². The highest BCUT2D eigenvalue weighted by molar-refractivity contribution is 7.11. The molecule has 0 atom stereocenters. The Morgan fingerprint density at radius 2 is 2.19 bits per heavy atom. The van der Waals surface area contributed by atoms with Crippen molar-refractivity contribution in [3.05, 3.63) is 40.4 Å². The number of rotatable bonds is 4. The predicted octanol–water partition coefficient (Wildman–Crippen LogP) is 1.93. The summed E-state index contributed by atoms with van der Waals surface area (Å²) in [5.74, 6) is 1.14. The number of nitrogens with one attached hydrogen (secondary N) is 1. The van der Waals surface area contributed by atoms with Gasteiger partial charge in [-0.25, -0.2) is 19.6 Å². The Morgan fingerprint density at radius 3 is 2.86 bits per heavy atom. The molecule has 3 rings (SSSR count). The van der Waals surface area contributed by atoms with E-state index < -0.39 is 0 Å². The monoisotopic (exact) mass is 301 g/mol. The Morgan fingerprint density at radius 1 is 1.33 bits per heavy atom. The van der Waals surface area contributed by atoms with E-state index in [0.717, 1.165) is 10.7 Å². The topological polar surface area (TPSA) is 94.5 Å². The van der Waals surface area contributed by atoms with Gasteiger partial charge < -0.3 is 11.1 Å². The molecule has 8 heteroatoms. The fraction of sp³-hybridized carbons (Fsp3) is 0.231. The van der Waals surface area contributed by atoms with Crippen molar-refractivity contribution >= 4 is 22.8 Å². The fourth-order valence-electron chi connectivity index (χ4n) is 2.01. The first kappa shape index (κ1) is 13.5. The number of aryl methyl sites for hydroxylation is 2. The van der Waals surface area contributed by atoms with Crippen molar-refractivity contribution in [2.45, 2.75) is 20.4 Å². The number of nitrogen functional groups attached to an aromatic ring is 1. The molecule has 3 aromatic heterocycles. The van der Waals surface area contributed by atoms with Gasteiger partial charge in [-0.3, -0.25) is 0 Å². The molecule has 3 aromatic rings. The smallest absolute Gasteiger partial charge is 0.181 e. The van der Waals surface area contributed by atoms with Crippen LogP contribution in [0.3, 0.4) is 0 Å². The third-order valence-electron chi connectivity index (χ3n) is 3.01. The van der Waals surface area contributed by atoms with Crippen molar-refractivity contribution in [3.63, 3.8) is 0 Å². The van der Waals surface area contributed by atoms with Gasteiger partial charge in [0.15, 0.2) is 11.6 Å². The molecule has 0 aromatic carbocycles. The standard InChI is InChI=1S/C13H15N7S/c1-8-10(19-9(2)21-8)6-15-12-11(14)13(17-7-16-12)20-5-3-4-18-20/h3-5,7H,6,14H2,1-2H3,(H,15,16,17). The molecule has 0 aliphatic carbocycles. The van der Waals surface area contributed by atoms with E-state index in [1.165, 1.54) is 11.2 Å². The first-order chi connectivity index (χ1) is 10.1. The molecule has 0 aliphatic heterocycles. The normalized spacial score (nSPS) is 10.8. The molecule has 108 valence electrons. The van der Waals surface area contributed by atoms with Crippen LogP contribution in [-0.4, -0.2) is 24.7 Å². The number of nitrogens with zero attached hydrogens (tertiary/aromatic N) is 5. The highest BCUT2D eigenvalue weighted by atomic mass is 32.1. The van der Waals surface area contributed by atoms with E-state index in [4.69, 9.17) is 5.73 Å². The molecule has 0 bridgehead atoms. The lowest BCUT2D eigenvalue weighted by Crippen LogP contribution is -2.10. The molecule has 3 heterocycles. The molecule has 0 spiro atoms. The van der Waals surface area contributed by atoms with Crippen LogP contribution >= 0.6 is 11.3 Å². The molecule has 0 unspecified atom stereocenters. The van der Waals surface area contributed by atoms with Crippen LogP contribution in [0.25, 0.3) is 5.82 Å². The van der Waals surface area contributed by atoms with Crippen LogP contribution in [0.4, 0.5) is 11.5 Å². The minimum absolute atomic E-state index is 0.464. The van der Waals surface area contributed by atoms with Crippen molar-refractivity contribution < 1.29 is 0 Å². The Labute approximate surface area is 125 Å². The Kier molecular flexibility index (Phi) is 3.53. The second-order valence-corrected chi connectivity index (χ2v) is 5.91. The average molecular weight is 301 g/mol. The Balaban J connectivity index is 1.83.